The van der Waals surface area contributed by atoms with Crippen molar-refractivity contribution in [2.45, 2.75) is 26.8 Å². The molecule has 1 atom stereocenters. The van der Waals surface area contributed by atoms with Crippen LogP contribution in [0.2, 0.25) is 5.02 Å². The minimum absolute atomic E-state index is 0.144. The van der Waals surface area contributed by atoms with E-state index in [-0.39, 0.29) is 28.2 Å². The molecule has 0 unspecified atom stereocenters. The molecule has 29 heavy (non-hydrogen) atoms. The molecule has 0 fully saturated rings. The standard InChI is InChI=1S/C20H25ClN2O5S/c1-5-27-18-10-7-14(11-19(18)28-6-2)13(3)22-20(24)16-9-8-15(12-17(16)21)23-29(4,25)26/h7-13,23H,5-6H2,1-4H3,(H,22,24)/t13-/m1/s1. The van der Waals surface area contributed by atoms with Crippen molar-refractivity contribution >= 4 is 33.2 Å². The number of carbonyl (C=O) groups is 1. The van der Waals surface area contributed by atoms with Crippen molar-refractivity contribution in [2.75, 3.05) is 24.2 Å². The highest BCUT2D eigenvalue weighted by Crippen LogP contribution is 2.31. The summed E-state index contributed by atoms with van der Waals surface area (Å²) in [6.07, 6.45) is 1.04. The van der Waals surface area contributed by atoms with Crippen LogP contribution in [0.3, 0.4) is 0 Å². The summed E-state index contributed by atoms with van der Waals surface area (Å²) < 4.78 is 36.1. The number of hydrogen-bond donors (Lipinski definition) is 2. The molecule has 0 radical (unpaired) electrons. The third-order valence-corrected chi connectivity index (χ3v) is 4.85. The molecule has 0 aliphatic rings. The van der Waals surface area contributed by atoms with Crippen LogP contribution in [0.25, 0.3) is 0 Å². The Balaban J connectivity index is 2.17. The predicted molar refractivity (Wildman–Crippen MR) is 115 cm³/mol. The van der Waals surface area contributed by atoms with Crippen LogP contribution >= 0.6 is 11.6 Å². The van der Waals surface area contributed by atoms with Gasteiger partial charge in [-0.05, 0) is 56.7 Å². The first-order valence-corrected chi connectivity index (χ1v) is 11.4. The van der Waals surface area contributed by atoms with E-state index in [2.05, 4.69) is 10.0 Å². The largest absolute Gasteiger partial charge is 0.490 e. The number of hydrogen-bond acceptors (Lipinski definition) is 5. The normalized spacial score (nSPS) is 12.2. The van der Waals surface area contributed by atoms with Gasteiger partial charge in [0.1, 0.15) is 0 Å². The van der Waals surface area contributed by atoms with Crippen molar-refractivity contribution in [1.29, 1.82) is 0 Å². The van der Waals surface area contributed by atoms with E-state index < -0.39 is 10.0 Å². The molecular formula is C20H25ClN2O5S. The maximum Gasteiger partial charge on any atom is 0.253 e. The fourth-order valence-corrected chi connectivity index (χ4v) is 3.49. The first-order valence-electron chi connectivity index (χ1n) is 9.12. The number of benzene rings is 2. The highest BCUT2D eigenvalue weighted by molar-refractivity contribution is 7.92. The Kier molecular flexibility index (Phi) is 7.75. The molecule has 9 heteroatoms. The lowest BCUT2D eigenvalue weighted by atomic mass is 10.1. The van der Waals surface area contributed by atoms with Crippen molar-refractivity contribution < 1.29 is 22.7 Å². The second-order valence-corrected chi connectivity index (χ2v) is 8.49. The van der Waals surface area contributed by atoms with Crippen LogP contribution in [0.1, 0.15) is 42.7 Å². The van der Waals surface area contributed by atoms with Crippen molar-refractivity contribution in [3.05, 3.63) is 52.5 Å². The number of anilines is 1. The van der Waals surface area contributed by atoms with Gasteiger partial charge in [0.05, 0.1) is 36.1 Å². The highest BCUT2D eigenvalue weighted by Gasteiger charge is 2.17. The molecule has 2 rings (SSSR count). The van der Waals surface area contributed by atoms with E-state index in [1.807, 2.05) is 39.0 Å². The Bertz CT molecular complexity index is 979. The van der Waals surface area contributed by atoms with Gasteiger partial charge in [-0.1, -0.05) is 17.7 Å². The molecule has 2 aromatic rings. The summed E-state index contributed by atoms with van der Waals surface area (Å²) in [6, 6.07) is 9.54. The Morgan fingerprint density at radius 2 is 1.72 bits per heavy atom. The molecule has 0 aliphatic heterocycles. The highest BCUT2D eigenvalue weighted by atomic mass is 35.5. The lowest BCUT2D eigenvalue weighted by molar-refractivity contribution is 0.0940. The van der Waals surface area contributed by atoms with E-state index in [0.717, 1.165) is 11.8 Å². The SMILES string of the molecule is CCOc1ccc([C@@H](C)NC(=O)c2ccc(NS(C)(=O)=O)cc2Cl)cc1OCC. The van der Waals surface area contributed by atoms with Gasteiger partial charge < -0.3 is 14.8 Å². The van der Waals surface area contributed by atoms with Crippen LogP contribution in [-0.4, -0.2) is 33.8 Å². The Labute approximate surface area is 176 Å². The molecule has 0 saturated heterocycles. The number of sulfonamides is 1. The molecule has 0 aliphatic carbocycles. The summed E-state index contributed by atoms with van der Waals surface area (Å²) >= 11 is 6.17. The first kappa shape index (κ1) is 22.8. The van der Waals surface area contributed by atoms with Gasteiger partial charge in [-0.15, -0.1) is 0 Å². The third-order valence-electron chi connectivity index (χ3n) is 3.93. The number of nitrogens with one attached hydrogen (secondary N) is 2. The molecule has 0 aromatic heterocycles. The van der Waals surface area contributed by atoms with E-state index in [1.165, 1.54) is 18.2 Å². The van der Waals surface area contributed by atoms with Gasteiger partial charge in [0.25, 0.3) is 5.91 Å². The number of halogens is 1. The number of ether oxygens (including phenoxy) is 2. The number of carbonyl (C=O) groups excluding carboxylic acids is 1. The third kappa shape index (κ3) is 6.54. The minimum atomic E-state index is -3.43. The summed E-state index contributed by atoms with van der Waals surface area (Å²) in [4.78, 5) is 12.6. The van der Waals surface area contributed by atoms with E-state index in [0.29, 0.717) is 24.7 Å². The van der Waals surface area contributed by atoms with Gasteiger partial charge in [0.2, 0.25) is 10.0 Å². The molecule has 158 valence electrons. The van der Waals surface area contributed by atoms with E-state index in [1.54, 1.807) is 0 Å². The Morgan fingerprint density at radius 3 is 2.31 bits per heavy atom. The maximum atomic E-state index is 12.6. The number of rotatable bonds is 9. The predicted octanol–water partition coefficient (Wildman–Crippen LogP) is 4.00. The topological polar surface area (TPSA) is 93.7 Å². The molecule has 0 saturated carbocycles. The smallest absolute Gasteiger partial charge is 0.253 e. The van der Waals surface area contributed by atoms with Gasteiger partial charge >= 0.3 is 0 Å². The summed E-state index contributed by atoms with van der Waals surface area (Å²) in [5.41, 5.74) is 1.38. The van der Waals surface area contributed by atoms with Crippen LogP contribution in [0.15, 0.2) is 36.4 Å². The van der Waals surface area contributed by atoms with Crippen molar-refractivity contribution in [2.24, 2.45) is 0 Å². The molecule has 0 bridgehead atoms. The fraction of sp³-hybridized carbons (Fsp3) is 0.350. The quantitative estimate of drug-likeness (QED) is 0.614. The lowest BCUT2D eigenvalue weighted by Crippen LogP contribution is -2.27. The van der Waals surface area contributed by atoms with E-state index >= 15 is 0 Å². The molecule has 2 N–H and O–H groups in total. The van der Waals surface area contributed by atoms with Crippen molar-refractivity contribution in [3.63, 3.8) is 0 Å². The van der Waals surface area contributed by atoms with Gasteiger partial charge in [0.15, 0.2) is 11.5 Å². The second-order valence-electron chi connectivity index (χ2n) is 6.34. The van der Waals surface area contributed by atoms with E-state index in [9.17, 15) is 13.2 Å². The van der Waals surface area contributed by atoms with Gasteiger partial charge in [-0.3, -0.25) is 9.52 Å². The Morgan fingerprint density at radius 1 is 1.07 bits per heavy atom. The average Bonchev–Trinajstić information content (AvgIpc) is 2.62. The Hall–Kier alpha value is -2.45. The zero-order valence-corrected chi connectivity index (χ0v) is 18.4. The van der Waals surface area contributed by atoms with Crippen molar-refractivity contribution in [3.8, 4) is 11.5 Å². The van der Waals surface area contributed by atoms with Crippen LogP contribution in [-0.2, 0) is 10.0 Å². The molecule has 2 aromatic carbocycles. The number of amides is 1. The zero-order valence-electron chi connectivity index (χ0n) is 16.8. The zero-order chi connectivity index (χ0) is 21.6. The van der Waals surface area contributed by atoms with Crippen molar-refractivity contribution in [1.82, 2.24) is 5.32 Å². The first-order chi connectivity index (χ1) is 13.6. The molecule has 1 amide bonds. The lowest BCUT2D eigenvalue weighted by Gasteiger charge is -2.18. The second kappa shape index (κ2) is 9.84. The molecule has 0 heterocycles. The monoisotopic (exact) mass is 440 g/mol. The molecule has 0 spiro atoms. The summed E-state index contributed by atoms with van der Waals surface area (Å²) in [5.74, 6) is 0.885. The van der Waals surface area contributed by atoms with Gasteiger partial charge in [0, 0.05) is 5.69 Å². The maximum absolute atomic E-state index is 12.6. The van der Waals surface area contributed by atoms with Crippen LogP contribution in [0, 0.1) is 0 Å². The van der Waals surface area contributed by atoms with Crippen LogP contribution in [0.5, 0.6) is 11.5 Å². The van der Waals surface area contributed by atoms with Crippen LogP contribution < -0.4 is 19.5 Å². The summed E-state index contributed by atoms with van der Waals surface area (Å²) in [5, 5.41) is 3.03. The van der Waals surface area contributed by atoms with Gasteiger partial charge in [-0.2, -0.15) is 0 Å². The fourth-order valence-electron chi connectivity index (χ4n) is 2.67. The molecule has 7 nitrogen and oxygen atoms in total. The van der Waals surface area contributed by atoms with Gasteiger partial charge in [-0.25, -0.2) is 8.42 Å². The minimum Gasteiger partial charge on any atom is -0.490 e. The molecular weight excluding hydrogens is 416 g/mol. The average molecular weight is 441 g/mol. The van der Waals surface area contributed by atoms with E-state index in [4.69, 9.17) is 21.1 Å². The summed E-state index contributed by atoms with van der Waals surface area (Å²) in [7, 11) is -3.43. The summed E-state index contributed by atoms with van der Waals surface area (Å²) in [6.45, 7) is 6.64. The van der Waals surface area contributed by atoms with Crippen LogP contribution in [0.4, 0.5) is 5.69 Å².